The second-order valence-corrected chi connectivity index (χ2v) is 5.56. The molecule has 0 bridgehead atoms. The minimum Gasteiger partial charge on any atom is -0.495 e. The Bertz CT molecular complexity index is 487. The zero-order chi connectivity index (χ0) is 13.3. The first kappa shape index (κ1) is 15.1. The van der Waals surface area contributed by atoms with Crippen LogP contribution in [0.2, 0.25) is 0 Å². The molecule has 1 aromatic rings. The Labute approximate surface area is 125 Å². The molecule has 1 unspecified atom stereocenters. The van der Waals surface area contributed by atoms with Crippen molar-refractivity contribution < 1.29 is 9.53 Å². The average molecular weight is 297 g/mol. The minimum absolute atomic E-state index is 0. The number of carbonyl (C=O) groups excluding carboxylic acids is 1. The number of amides is 1. The van der Waals surface area contributed by atoms with Crippen molar-refractivity contribution in [2.75, 3.05) is 25.5 Å². The largest absolute Gasteiger partial charge is 0.495 e. The van der Waals surface area contributed by atoms with Gasteiger partial charge in [-0.25, -0.2) is 0 Å². The van der Waals surface area contributed by atoms with Crippen molar-refractivity contribution in [1.29, 1.82) is 0 Å². The lowest BCUT2D eigenvalue weighted by molar-refractivity contribution is -0.118. The number of hydrogen-bond acceptors (Lipinski definition) is 3. The maximum Gasteiger partial charge on any atom is 0.228 e. The first-order valence-electron chi connectivity index (χ1n) is 6.90. The van der Waals surface area contributed by atoms with Gasteiger partial charge in [0.1, 0.15) is 5.75 Å². The van der Waals surface area contributed by atoms with Gasteiger partial charge >= 0.3 is 0 Å². The Kier molecular flexibility index (Phi) is 4.55. The van der Waals surface area contributed by atoms with Crippen molar-refractivity contribution in [3.8, 4) is 5.75 Å². The number of piperidine rings is 1. The molecule has 1 aromatic carbocycles. The molecule has 1 atom stereocenters. The molecule has 5 heteroatoms. The molecule has 2 fully saturated rings. The van der Waals surface area contributed by atoms with E-state index in [1.807, 2.05) is 24.3 Å². The number of nitrogens with one attached hydrogen (secondary N) is 2. The smallest absolute Gasteiger partial charge is 0.228 e. The van der Waals surface area contributed by atoms with Gasteiger partial charge in [0, 0.05) is 5.92 Å². The third kappa shape index (κ3) is 2.76. The predicted molar refractivity (Wildman–Crippen MR) is 81.5 cm³/mol. The van der Waals surface area contributed by atoms with E-state index < -0.39 is 0 Å². The number of ether oxygens (including phenoxy) is 1. The lowest BCUT2D eigenvalue weighted by atomic mass is 9.92. The summed E-state index contributed by atoms with van der Waals surface area (Å²) in [6.45, 7) is 2.08. The average Bonchev–Trinajstić information content (AvgIpc) is 3.14. The molecule has 4 nitrogen and oxygen atoms in total. The molecular weight excluding hydrogens is 276 g/mol. The van der Waals surface area contributed by atoms with Gasteiger partial charge in [0.25, 0.3) is 0 Å². The number of anilines is 1. The van der Waals surface area contributed by atoms with Crippen molar-refractivity contribution in [2.45, 2.75) is 19.3 Å². The summed E-state index contributed by atoms with van der Waals surface area (Å²) in [5.74, 6) is 1.04. The van der Waals surface area contributed by atoms with E-state index in [9.17, 15) is 4.79 Å². The standard InChI is InChI=1S/C15H20N2O2.ClH/c1-19-13-5-3-2-4-12(13)17-14(18)11-10-15(11)6-8-16-9-7-15;/h2-5,11,16H,6-10H2,1H3,(H,17,18);1H. The molecule has 110 valence electrons. The van der Waals surface area contributed by atoms with Crippen molar-refractivity contribution in [3.05, 3.63) is 24.3 Å². The van der Waals surface area contributed by atoms with Gasteiger partial charge in [-0.1, -0.05) is 12.1 Å². The summed E-state index contributed by atoms with van der Waals surface area (Å²) in [7, 11) is 1.62. The van der Waals surface area contributed by atoms with Crippen LogP contribution in [0.15, 0.2) is 24.3 Å². The lowest BCUT2D eigenvalue weighted by Crippen LogP contribution is -2.31. The summed E-state index contributed by atoms with van der Waals surface area (Å²) in [5, 5.41) is 6.37. The fourth-order valence-corrected chi connectivity index (χ4v) is 3.16. The third-order valence-corrected chi connectivity index (χ3v) is 4.47. The highest BCUT2D eigenvalue weighted by atomic mass is 35.5. The molecule has 2 N–H and O–H groups in total. The lowest BCUT2D eigenvalue weighted by Gasteiger charge is -2.23. The zero-order valence-electron chi connectivity index (χ0n) is 11.6. The highest BCUT2D eigenvalue weighted by molar-refractivity contribution is 5.96. The number of rotatable bonds is 3. The van der Waals surface area contributed by atoms with Crippen LogP contribution in [0, 0.1) is 11.3 Å². The maximum absolute atomic E-state index is 12.3. The van der Waals surface area contributed by atoms with E-state index in [0.717, 1.165) is 43.8 Å². The zero-order valence-corrected chi connectivity index (χ0v) is 12.5. The van der Waals surface area contributed by atoms with Crippen molar-refractivity contribution in [3.63, 3.8) is 0 Å². The molecule has 1 aliphatic heterocycles. The topological polar surface area (TPSA) is 50.4 Å². The molecule has 2 aliphatic rings. The van der Waals surface area contributed by atoms with Crippen LogP contribution < -0.4 is 15.4 Å². The Balaban J connectivity index is 0.00000147. The van der Waals surface area contributed by atoms with Crippen molar-refractivity contribution >= 4 is 24.0 Å². The normalized spacial score (nSPS) is 22.8. The van der Waals surface area contributed by atoms with Gasteiger partial charge < -0.3 is 15.4 Å². The summed E-state index contributed by atoms with van der Waals surface area (Å²) < 4.78 is 5.26. The predicted octanol–water partition coefficient (Wildman–Crippen LogP) is 2.45. The molecule has 1 amide bonds. The van der Waals surface area contributed by atoms with Crippen molar-refractivity contribution in [1.82, 2.24) is 5.32 Å². The Morgan fingerprint density at radius 2 is 2.05 bits per heavy atom. The highest BCUT2D eigenvalue weighted by Gasteiger charge is 2.57. The molecular formula is C15H21ClN2O2. The Hall–Kier alpha value is -1.26. The summed E-state index contributed by atoms with van der Waals surface area (Å²) in [5.41, 5.74) is 1.04. The van der Waals surface area contributed by atoms with E-state index in [2.05, 4.69) is 10.6 Å². The van der Waals surface area contributed by atoms with Crippen LogP contribution in [0.3, 0.4) is 0 Å². The van der Waals surface area contributed by atoms with Gasteiger partial charge in [-0.2, -0.15) is 0 Å². The van der Waals surface area contributed by atoms with E-state index in [-0.39, 0.29) is 29.6 Å². The number of hydrogen-bond donors (Lipinski definition) is 2. The summed E-state index contributed by atoms with van der Waals surface area (Å²) in [6.07, 6.45) is 3.28. The molecule has 1 aliphatic carbocycles. The van der Waals surface area contributed by atoms with E-state index in [4.69, 9.17) is 4.74 Å². The quantitative estimate of drug-likeness (QED) is 0.901. The summed E-state index contributed by atoms with van der Waals surface area (Å²) in [6, 6.07) is 7.56. The van der Waals surface area contributed by atoms with E-state index in [1.54, 1.807) is 7.11 Å². The number of carbonyl (C=O) groups is 1. The summed E-state index contributed by atoms with van der Waals surface area (Å²) in [4.78, 5) is 12.3. The number of methoxy groups -OCH3 is 1. The fraction of sp³-hybridized carbons (Fsp3) is 0.533. The van der Waals surface area contributed by atoms with Gasteiger partial charge in [0.05, 0.1) is 12.8 Å². The minimum atomic E-state index is 0. The molecule has 20 heavy (non-hydrogen) atoms. The van der Waals surface area contributed by atoms with Gasteiger partial charge in [-0.15, -0.1) is 12.4 Å². The number of halogens is 1. The SMILES string of the molecule is COc1ccccc1NC(=O)C1CC12CCNCC2.Cl. The number of para-hydroxylation sites is 2. The Morgan fingerprint density at radius 3 is 2.75 bits per heavy atom. The Morgan fingerprint density at radius 1 is 1.35 bits per heavy atom. The highest BCUT2D eigenvalue weighted by Crippen LogP contribution is 2.58. The second kappa shape index (κ2) is 6.02. The second-order valence-electron chi connectivity index (χ2n) is 5.56. The van der Waals surface area contributed by atoms with Crippen LogP contribution in [0.4, 0.5) is 5.69 Å². The van der Waals surface area contributed by atoms with Crippen LogP contribution in [-0.2, 0) is 4.79 Å². The number of benzene rings is 1. The maximum atomic E-state index is 12.3. The van der Waals surface area contributed by atoms with Gasteiger partial charge in [0.2, 0.25) is 5.91 Å². The molecule has 1 saturated carbocycles. The summed E-state index contributed by atoms with van der Waals surface area (Å²) >= 11 is 0. The molecule has 0 aromatic heterocycles. The van der Waals surface area contributed by atoms with Crippen LogP contribution in [-0.4, -0.2) is 26.1 Å². The molecule has 3 rings (SSSR count). The van der Waals surface area contributed by atoms with E-state index in [0.29, 0.717) is 0 Å². The molecule has 1 heterocycles. The van der Waals surface area contributed by atoms with Crippen molar-refractivity contribution in [2.24, 2.45) is 11.3 Å². The van der Waals surface area contributed by atoms with Crippen LogP contribution in [0.1, 0.15) is 19.3 Å². The van der Waals surface area contributed by atoms with Crippen LogP contribution >= 0.6 is 12.4 Å². The van der Waals surface area contributed by atoms with E-state index in [1.165, 1.54) is 0 Å². The van der Waals surface area contributed by atoms with Gasteiger partial charge in [-0.05, 0) is 49.9 Å². The fourth-order valence-electron chi connectivity index (χ4n) is 3.16. The molecule has 1 saturated heterocycles. The monoisotopic (exact) mass is 296 g/mol. The van der Waals surface area contributed by atoms with Crippen LogP contribution in [0.25, 0.3) is 0 Å². The van der Waals surface area contributed by atoms with Gasteiger partial charge in [-0.3, -0.25) is 4.79 Å². The molecule has 0 radical (unpaired) electrons. The van der Waals surface area contributed by atoms with Crippen LogP contribution in [0.5, 0.6) is 5.75 Å². The third-order valence-electron chi connectivity index (χ3n) is 4.47. The first-order chi connectivity index (χ1) is 9.25. The first-order valence-corrected chi connectivity index (χ1v) is 6.90. The van der Waals surface area contributed by atoms with Gasteiger partial charge in [0.15, 0.2) is 0 Å². The molecule has 1 spiro atoms. The van der Waals surface area contributed by atoms with E-state index >= 15 is 0 Å².